The monoisotopic (exact) mass is 287 g/mol. The Labute approximate surface area is 123 Å². The summed E-state index contributed by atoms with van der Waals surface area (Å²) >= 11 is 0. The number of hydrogen-bond donors (Lipinski definition) is 1. The zero-order valence-corrected chi connectivity index (χ0v) is 12.2. The van der Waals surface area contributed by atoms with Crippen LogP contribution in [0.4, 0.5) is 10.2 Å². The predicted molar refractivity (Wildman–Crippen MR) is 79.0 cm³/mol. The molecule has 4 nitrogen and oxygen atoms in total. The first-order chi connectivity index (χ1) is 10.2. The predicted octanol–water partition coefficient (Wildman–Crippen LogP) is 3.29. The number of nitrogens with one attached hydrogen (secondary N) is 1. The van der Waals surface area contributed by atoms with Crippen LogP contribution in [0.5, 0.6) is 5.75 Å². The van der Waals surface area contributed by atoms with Crippen LogP contribution in [-0.4, -0.2) is 17.1 Å². The van der Waals surface area contributed by atoms with Crippen LogP contribution in [0.15, 0.2) is 24.5 Å². The summed E-state index contributed by atoms with van der Waals surface area (Å²) in [6.07, 6.45) is 3.79. The third-order valence-electron chi connectivity index (χ3n) is 3.96. The number of aryl methyl sites for hydroxylation is 1. The van der Waals surface area contributed by atoms with Gasteiger partial charge in [0.2, 0.25) is 0 Å². The van der Waals surface area contributed by atoms with E-state index in [2.05, 4.69) is 21.4 Å². The van der Waals surface area contributed by atoms with E-state index in [-0.39, 0.29) is 17.7 Å². The summed E-state index contributed by atoms with van der Waals surface area (Å²) in [4.78, 5) is 7.99. The minimum atomic E-state index is -0.351. The van der Waals surface area contributed by atoms with E-state index in [1.165, 1.54) is 11.9 Å². The van der Waals surface area contributed by atoms with Crippen molar-refractivity contribution in [2.24, 2.45) is 0 Å². The third-order valence-corrected chi connectivity index (χ3v) is 3.96. The van der Waals surface area contributed by atoms with Crippen molar-refractivity contribution >= 4 is 5.82 Å². The molecule has 3 rings (SSSR count). The van der Waals surface area contributed by atoms with Gasteiger partial charge >= 0.3 is 0 Å². The molecule has 5 heteroatoms. The van der Waals surface area contributed by atoms with Gasteiger partial charge in [-0.25, -0.2) is 14.4 Å². The van der Waals surface area contributed by atoms with E-state index in [4.69, 9.17) is 4.74 Å². The molecule has 0 amide bonds. The van der Waals surface area contributed by atoms with Gasteiger partial charge in [-0.1, -0.05) is 19.1 Å². The molecule has 0 bridgehead atoms. The first-order valence-corrected chi connectivity index (χ1v) is 7.16. The Morgan fingerprint density at radius 2 is 2.24 bits per heavy atom. The fraction of sp³-hybridized carbons (Fsp3) is 0.375. The molecule has 21 heavy (non-hydrogen) atoms. The number of nitrogens with zero attached hydrogens (tertiary/aromatic N) is 2. The topological polar surface area (TPSA) is 47.0 Å². The van der Waals surface area contributed by atoms with Crippen molar-refractivity contribution in [1.82, 2.24) is 9.97 Å². The van der Waals surface area contributed by atoms with Gasteiger partial charge in [-0.15, -0.1) is 0 Å². The van der Waals surface area contributed by atoms with Crippen molar-refractivity contribution in [3.05, 3.63) is 47.2 Å². The number of methoxy groups -OCH3 is 1. The lowest BCUT2D eigenvalue weighted by Crippen LogP contribution is -2.11. The van der Waals surface area contributed by atoms with Crippen LogP contribution in [0, 0.1) is 5.82 Å². The van der Waals surface area contributed by atoms with Gasteiger partial charge < -0.3 is 10.1 Å². The number of halogens is 1. The molecule has 1 unspecified atom stereocenters. The van der Waals surface area contributed by atoms with E-state index in [0.29, 0.717) is 12.1 Å². The molecular formula is C16H18FN3O. The van der Waals surface area contributed by atoms with Crippen LogP contribution in [0.1, 0.15) is 36.2 Å². The molecule has 1 heterocycles. The smallest absolute Gasteiger partial charge is 0.186 e. The molecule has 1 aliphatic rings. The van der Waals surface area contributed by atoms with Crippen molar-refractivity contribution in [2.75, 3.05) is 12.4 Å². The van der Waals surface area contributed by atoms with E-state index in [1.807, 2.05) is 19.1 Å². The zero-order valence-electron chi connectivity index (χ0n) is 12.2. The zero-order chi connectivity index (χ0) is 14.8. The van der Waals surface area contributed by atoms with Crippen LogP contribution in [0.3, 0.4) is 0 Å². The van der Waals surface area contributed by atoms with Gasteiger partial charge in [0.1, 0.15) is 12.1 Å². The molecule has 0 aliphatic heterocycles. The largest absolute Gasteiger partial charge is 0.496 e. The highest BCUT2D eigenvalue weighted by molar-refractivity contribution is 5.49. The standard InChI is InChI=1S/C16H18FN3O/c1-3-12-15(17)16(19-9-18-12)20-13-8-7-11-10(13)5-4-6-14(11)21-2/h4-6,9,13H,3,7-8H2,1-2H3,(H,18,19,20). The van der Waals surface area contributed by atoms with E-state index in [0.717, 1.165) is 24.2 Å². The van der Waals surface area contributed by atoms with Gasteiger partial charge in [0.25, 0.3) is 0 Å². The average Bonchev–Trinajstić information content (AvgIpc) is 2.92. The second-order valence-electron chi connectivity index (χ2n) is 5.10. The van der Waals surface area contributed by atoms with Gasteiger partial charge in [-0.2, -0.15) is 0 Å². The summed E-state index contributed by atoms with van der Waals surface area (Å²) in [7, 11) is 1.67. The Morgan fingerprint density at radius 3 is 3.00 bits per heavy atom. The number of ether oxygens (including phenoxy) is 1. The van der Waals surface area contributed by atoms with Gasteiger partial charge in [0.05, 0.1) is 18.8 Å². The molecule has 0 saturated heterocycles. The first-order valence-electron chi connectivity index (χ1n) is 7.16. The van der Waals surface area contributed by atoms with Crippen LogP contribution in [0.25, 0.3) is 0 Å². The molecule has 1 aromatic carbocycles. The van der Waals surface area contributed by atoms with Crippen molar-refractivity contribution in [2.45, 2.75) is 32.2 Å². The molecule has 0 saturated carbocycles. The second-order valence-corrected chi connectivity index (χ2v) is 5.10. The van der Waals surface area contributed by atoms with Crippen LogP contribution < -0.4 is 10.1 Å². The van der Waals surface area contributed by atoms with Crippen molar-refractivity contribution < 1.29 is 9.13 Å². The van der Waals surface area contributed by atoms with Gasteiger partial charge in [-0.05, 0) is 36.5 Å². The molecule has 1 aliphatic carbocycles. The molecule has 1 atom stereocenters. The molecule has 1 aromatic heterocycles. The van der Waals surface area contributed by atoms with Gasteiger partial charge in [0, 0.05) is 0 Å². The Hall–Kier alpha value is -2.17. The highest BCUT2D eigenvalue weighted by Crippen LogP contribution is 2.38. The fourth-order valence-electron chi connectivity index (χ4n) is 2.88. The van der Waals surface area contributed by atoms with Crippen molar-refractivity contribution in [3.63, 3.8) is 0 Å². The highest BCUT2D eigenvalue weighted by atomic mass is 19.1. The summed E-state index contributed by atoms with van der Waals surface area (Å²) in [5.74, 6) is 0.827. The molecular weight excluding hydrogens is 269 g/mol. The third kappa shape index (κ3) is 2.44. The lowest BCUT2D eigenvalue weighted by Gasteiger charge is -2.16. The van der Waals surface area contributed by atoms with E-state index >= 15 is 0 Å². The van der Waals surface area contributed by atoms with E-state index in [1.54, 1.807) is 7.11 Å². The van der Waals surface area contributed by atoms with Crippen molar-refractivity contribution in [1.29, 1.82) is 0 Å². The quantitative estimate of drug-likeness (QED) is 0.937. The van der Waals surface area contributed by atoms with E-state index < -0.39 is 0 Å². The van der Waals surface area contributed by atoms with Crippen LogP contribution in [0.2, 0.25) is 0 Å². The molecule has 0 spiro atoms. The molecule has 1 N–H and O–H groups in total. The Bertz CT molecular complexity index is 660. The van der Waals surface area contributed by atoms with E-state index in [9.17, 15) is 4.39 Å². The minimum Gasteiger partial charge on any atom is -0.496 e. The summed E-state index contributed by atoms with van der Waals surface area (Å²) in [6.45, 7) is 1.88. The Kier molecular flexibility index (Phi) is 3.73. The molecule has 2 aromatic rings. The summed E-state index contributed by atoms with van der Waals surface area (Å²) < 4.78 is 19.6. The Morgan fingerprint density at radius 1 is 1.38 bits per heavy atom. The molecule has 0 fully saturated rings. The van der Waals surface area contributed by atoms with Crippen molar-refractivity contribution in [3.8, 4) is 5.75 Å². The summed E-state index contributed by atoms with van der Waals surface area (Å²) in [5.41, 5.74) is 2.80. The first kappa shape index (κ1) is 13.8. The maximum absolute atomic E-state index is 14.2. The maximum atomic E-state index is 14.2. The lowest BCUT2D eigenvalue weighted by molar-refractivity contribution is 0.410. The molecule has 0 radical (unpaired) electrons. The number of anilines is 1. The van der Waals surface area contributed by atoms with Gasteiger partial charge in [-0.3, -0.25) is 0 Å². The number of hydrogen-bond acceptors (Lipinski definition) is 4. The Balaban J connectivity index is 1.89. The summed E-state index contributed by atoms with van der Waals surface area (Å²) in [6, 6.07) is 6.04. The number of benzene rings is 1. The maximum Gasteiger partial charge on any atom is 0.186 e. The number of rotatable bonds is 4. The normalized spacial score (nSPS) is 16.6. The number of aromatic nitrogens is 2. The van der Waals surface area contributed by atoms with Crippen LogP contribution in [-0.2, 0) is 12.8 Å². The second kappa shape index (κ2) is 5.68. The lowest BCUT2D eigenvalue weighted by atomic mass is 10.1. The summed E-state index contributed by atoms with van der Waals surface area (Å²) in [5, 5.41) is 3.21. The van der Waals surface area contributed by atoms with Gasteiger partial charge in [0.15, 0.2) is 11.6 Å². The molecule has 110 valence electrons. The highest BCUT2D eigenvalue weighted by Gasteiger charge is 2.26. The average molecular weight is 287 g/mol. The number of fused-ring (bicyclic) bond motifs is 1. The SMILES string of the molecule is CCc1ncnc(NC2CCc3c(OC)cccc32)c1F. The minimum absolute atomic E-state index is 0.0595. The van der Waals surface area contributed by atoms with Crippen LogP contribution >= 0.6 is 0 Å². The fourth-order valence-corrected chi connectivity index (χ4v) is 2.88.